The van der Waals surface area contributed by atoms with Crippen LogP contribution in [0.1, 0.15) is 30.9 Å². The molecule has 0 bridgehead atoms. The van der Waals surface area contributed by atoms with E-state index in [1.807, 2.05) is 24.3 Å². The molecule has 0 spiro atoms. The number of rotatable bonds is 2. The third kappa shape index (κ3) is 3.74. The zero-order valence-electron chi connectivity index (χ0n) is 15.9. The van der Waals surface area contributed by atoms with Crippen LogP contribution in [0.4, 0.5) is 16.2 Å². The van der Waals surface area contributed by atoms with Gasteiger partial charge in [-0.2, -0.15) is 4.98 Å². The Morgan fingerprint density at radius 1 is 1.03 bits per heavy atom. The van der Waals surface area contributed by atoms with Crippen molar-refractivity contribution in [1.29, 1.82) is 0 Å². The highest BCUT2D eigenvalue weighted by atomic mass is 35.5. The molecule has 0 fully saturated rings. The lowest BCUT2D eigenvalue weighted by atomic mass is 9.86. The number of nitrogen functional groups attached to an aromatic ring is 2. The molecule has 146 valence electrons. The summed E-state index contributed by atoms with van der Waals surface area (Å²) in [6, 6.07) is 10.7. The van der Waals surface area contributed by atoms with Gasteiger partial charge >= 0.3 is 0 Å². The summed E-state index contributed by atoms with van der Waals surface area (Å²) >= 11 is 6.08. The minimum Gasteiger partial charge on any atom is -0.383 e. The average Bonchev–Trinajstić information content (AvgIpc) is 2.66. The summed E-state index contributed by atoms with van der Waals surface area (Å²) in [5.74, 6) is 0.0529. The summed E-state index contributed by atoms with van der Waals surface area (Å²) in [7, 11) is 0. The van der Waals surface area contributed by atoms with E-state index >= 15 is 0 Å². The van der Waals surface area contributed by atoms with E-state index in [1.54, 1.807) is 12.1 Å². The number of anilines is 2. The molecule has 0 saturated heterocycles. The molecule has 29 heavy (non-hydrogen) atoms. The van der Waals surface area contributed by atoms with Crippen molar-refractivity contribution < 1.29 is 4.39 Å². The van der Waals surface area contributed by atoms with Crippen LogP contribution in [-0.4, -0.2) is 9.97 Å². The molecule has 1 heterocycles. The maximum Gasteiger partial charge on any atom is 0.222 e. The number of nitrogens with zero attached hydrogens (tertiary/aromatic N) is 2. The molecular weight excluding hydrogens is 387 g/mol. The standard InChI is InChI=1S/C23H20ClFN4/c1-13-5-3-2-4-6-16(21(13)15-8-10-19(25)18(24)11-15)14-7-9-17-20(12-14)28-23(27)29-22(17)26/h2,4,6-12H,3,5H2,1H3,(H4,26,27,28,29). The summed E-state index contributed by atoms with van der Waals surface area (Å²) in [6.07, 6.45) is 8.07. The fourth-order valence-corrected chi connectivity index (χ4v) is 3.81. The average molecular weight is 407 g/mol. The van der Waals surface area contributed by atoms with Crippen molar-refractivity contribution in [2.45, 2.75) is 19.8 Å². The molecule has 0 saturated carbocycles. The van der Waals surface area contributed by atoms with Crippen molar-refractivity contribution >= 4 is 45.4 Å². The highest BCUT2D eigenvalue weighted by Gasteiger charge is 2.17. The smallest absolute Gasteiger partial charge is 0.222 e. The fraction of sp³-hybridized carbons (Fsp3) is 0.130. The quantitative estimate of drug-likeness (QED) is 0.564. The van der Waals surface area contributed by atoms with Gasteiger partial charge in [0, 0.05) is 5.39 Å². The SMILES string of the molecule is CC1=C(c2ccc(F)c(Cl)c2)C(c2ccc3c(N)nc(N)nc3c2)=CC=CCC1. The molecule has 0 radical (unpaired) electrons. The molecule has 0 amide bonds. The van der Waals surface area contributed by atoms with Crippen molar-refractivity contribution in [2.75, 3.05) is 11.5 Å². The number of hydrogen-bond donors (Lipinski definition) is 2. The van der Waals surface area contributed by atoms with Crippen LogP contribution in [0.5, 0.6) is 0 Å². The number of benzene rings is 2. The normalized spacial score (nSPS) is 14.7. The summed E-state index contributed by atoms with van der Waals surface area (Å²) in [6.45, 7) is 2.10. The van der Waals surface area contributed by atoms with E-state index in [-0.39, 0.29) is 11.0 Å². The van der Waals surface area contributed by atoms with E-state index in [1.165, 1.54) is 11.6 Å². The molecule has 0 atom stereocenters. The largest absolute Gasteiger partial charge is 0.383 e. The highest BCUT2D eigenvalue weighted by Crippen LogP contribution is 2.38. The van der Waals surface area contributed by atoms with Gasteiger partial charge in [-0.1, -0.05) is 47.5 Å². The van der Waals surface area contributed by atoms with Crippen LogP contribution >= 0.6 is 11.6 Å². The van der Waals surface area contributed by atoms with E-state index in [0.717, 1.165) is 40.5 Å². The van der Waals surface area contributed by atoms with Gasteiger partial charge in [-0.15, -0.1) is 0 Å². The lowest BCUT2D eigenvalue weighted by Crippen LogP contribution is -2.01. The van der Waals surface area contributed by atoms with Crippen LogP contribution in [0, 0.1) is 5.82 Å². The first-order chi connectivity index (χ1) is 13.9. The third-order valence-electron chi connectivity index (χ3n) is 5.04. The Hall–Kier alpha value is -3.18. The fourth-order valence-electron chi connectivity index (χ4n) is 3.63. The van der Waals surface area contributed by atoms with Gasteiger partial charge in [0.05, 0.1) is 10.5 Å². The van der Waals surface area contributed by atoms with Crippen LogP contribution < -0.4 is 11.5 Å². The summed E-state index contributed by atoms with van der Waals surface area (Å²) in [5.41, 5.74) is 17.5. The molecule has 4 nitrogen and oxygen atoms in total. The molecule has 0 aliphatic heterocycles. The first-order valence-corrected chi connectivity index (χ1v) is 9.67. The monoisotopic (exact) mass is 406 g/mol. The van der Waals surface area contributed by atoms with Gasteiger partial charge in [0.15, 0.2) is 0 Å². The van der Waals surface area contributed by atoms with Crippen LogP contribution in [0.2, 0.25) is 5.02 Å². The van der Waals surface area contributed by atoms with Crippen molar-refractivity contribution in [3.8, 4) is 0 Å². The zero-order valence-corrected chi connectivity index (χ0v) is 16.7. The summed E-state index contributed by atoms with van der Waals surface area (Å²) < 4.78 is 13.8. The van der Waals surface area contributed by atoms with Crippen LogP contribution in [0.25, 0.3) is 22.0 Å². The highest BCUT2D eigenvalue weighted by molar-refractivity contribution is 6.31. The Morgan fingerprint density at radius 2 is 1.83 bits per heavy atom. The molecule has 4 rings (SSSR count). The van der Waals surface area contributed by atoms with Gasteiger partial charge < -0.3 is 11.5 Å². The molecule has 1 aliphatic carbocycles. The molecule has 6 heteroatoms. The summed E-state index contributed by atoms with van der Waals surface area (Å²) in [5, 5.41) is 0.851. The van der Waals surface area contributed by atoms with Crippen LogP contribution in [0.15, 0.2) is 60.2 Å². The Bertz CT molecular complexity index is 1210. The van der Waals surface area contributed by atoms with Crippen molar-refractivity contribution in [2.24, 2.45) is 0 Å². The van der Waals surface area contributed by atoms with E-state index in [9.17, 15) is 4.39 Å². The molecule has 0 unspecified atom stereocenters. The maximum absolute atomic E-state index is 13.8. The zero-order chi connectivity index (χ0) is 20.5. The number of hydrogen-bond acceptors (Lipinski definition) is 4. The minimum absolute atomic E-state index is 0.103. The van der Waals surface area contributed by atoms with Gasteiger partial charge in [-0.25, -0.2) is 9.37 Å². The van der Waals surface area contributed by atoms with E-state index in [4.69, 9.17) is 23.1 Å². The van der Waals surface area contributed by atoms with Gasteiger partial charge in [0.2, 0.25) is 5.95 Å². The summed E-state index contributed by atoms with van der Waals surface area (Å²) in [4.78, 5) is 8.35. The first-order valence-electron chi connectivity index (χ1n) is 9.29. The van der Waals surface area contributed by atoms with Crippen molar-refractivity contribution in [1.82, 2.24) is 9.97 Å². The van der Waals surface area contributed by atoms with Crippen molar-refractivity contribution in [3.63, 3.8) is 0 Å². The van der Waals surface area contributed by atoms with Gasteiger partial charge in [-0.05, 0) is 66.3 Å². The number of nitrogens with two attached hydrogens (primary N) is 2. The second-order valence-electron chi connectivity index (χ2n) is 7.03. The predicted molar refractivity (Wildman–Crippen MR) is 119 cm³/mol. The van der Waals surface area contributed by atoms with Crippen LogP contribution in [0.3, 0.4) is 0 Å². The minimum atomic E-state index is -0.432. The Morgan fingerprint density at radius 3 is 2.62 bits per heavy atom. The Balaban J connectivity index is 1.94. The third-order valence-corrected chi connectivity index (χ3v) is 5.33. The van der Waals surface area contributed by atoms with E-state index in [2.05, 4.69) is 29.0 Å². The van der Waals surface area contributed by atoms with Gasteiger partial charge in [0.1, 0.15) is 11.6 Å². The molecule has 1 aliphatic rings. The van der Waals surface area contributed by atoms with Gasteiger partial charge in [0.25, 0.3) is 0 Å². The number of halogens is 2. The van der Waals surface area contributed by atoms with E-state index in [0.29, 0.717) is 11.3 Å². The number of allylic oxidation sites excluding steroid dienone is 6. The second kappa shape index (κ2) is 7.68. The number of fused-ring (bicyclic) bond motifs is 1. The first kappa shape index (κ1) is 19.2. The van der Waals surface area contributed by atoms with E-state index < -0.39 is 5.82 Å². The molecular formula is C23H20ClFN4. The Labute approximate surface area is 173 Å². The molecule has 2 aromatic carbocycles. The van der Waals surface area contributed by atoms with Gasteiger partial charge in [-0.3, -0.25) is 0 Å². The molecule has 1 aromatic heterocycles. The molecule has 4 N–H and O–H groups in total. The second-order valence-corrected chi connectivity index (χ2v) is 7.44. The Kier molecular flexibility index (Phi) is 5.07. The maximum atomic E-state index is 13.8. The molecule has 3 aromatic rings. The predicted octanol–water partition coefficient (Wildman–Crippen LogP) is 5.79. The lowest BCUT2D eigenvalue weighted by molar-refractivity contribution is 0.628. The van der Waals surface area contributed by atoms with Crippen LogP contribution in [-0.2, 0) is 0 Å². The topological polar surface area (TPSA) is 77.8 Å². The number of aromatic nitrogens is 2. The lowest BCUT2D eigenvalue weighted by Gasteiger charge is -2.19. The van der Waals surface area contributed by atoms with Crippen molar-refractivity contribution in [3.05, 3.63) is 82.2 Å².